The van der Waals surface area contributed by atoms with Gasteiger partial charge in [-0.25, -0.2) is 9.61 Å². The molecule has 0 aliphatic carbocycles. The van der Waals surface area contributed by atoms with Crippen LogP contribution in [-0.4, -0.2) is 19.0 Å². The van der Waals surface area contributed by atoms with E-state index in [2.05, 4.69) is 29.9 Å². The lowest BCUT2D eigenvalue weighted by Crippen LogP contribution is -2.06. The van der Waals surface area contributed by atoms with Crippen LogP contribution in [0, 0.1) is 0 Å². The molecule has 0 aromatic rings. The molecule has 0 aliphatic heterocycles. The minimum atomic E-state index is 0.855. The molecule has 0 heterocycles. The maximum atomic E-state index is 4.42. The maximum absolute atomic E-state index is 4.42. The van der Waals surface area contributed by atoms with Crippen molar-refractivity contribution in [2.45, 2.75) is 0 Å². The van der Waals surface area contributed by atoms with Gasteiger partial charge in [0.25, 0.3) is 0 Å². The molecule has 8 heavy (non-hydrogen) atoms. The Morgan fingerprint density at radius 1 is 1.75 bits per heavy atom. The first-order chi connectivity index (χ1) is 3.91. The van der Waals surface area contributed by atoms with Crippen molar-refractivity contribution in [3.8, 4) is 0 Å². The van der Waals surface area contributed by atoms with E-state index < -0.39 is 0 Å². The van der Waals surface area contributed by atoms with E-state index in [-0.39, 0.29) is 0 Å². The molecule has 50 valence electrons. The van der Waals surface area contributed by atoms with Crippen molar-refractivity contribution in [2.24, 2.45) is 0 Å². The summed E-state index contributed by atoms with van der Waals surface area (Å²) in [5, 5.41) is 0.910. The molecule has 0 aromatic carbocycles. The SMILES string of the molecule is COOSNCCBr. The number of halogens is 1. The summed E-state index contributed by atoms with van der Waals surface area (Å²) in [5.41, 5.74) is 0. The monoisotopic (exact) mass is 201 g/mol. The van der Waals surface area contributed by atoms with Crippen LogP contribution in [0.5, 0.6) is 0 Å². The fourth-order valence-corrected chi connectivity index (χ4v) is 0.901. The summed E-state index contributed by atoms with van der Waals surface area (Å²) in [6.45, 7) is 0.855. The highest BCUT2D eigenvalue weighted by molar-refractivity contribution is 9.09. The molecule has 0 aliphatic rings. The third kappa shape index (κ3) is 6.71. The topological polar surface area (TPSA) is 30.5 Å². The summed E-state index contributed by atoms with van der Waals surface area (Å²) in [6.07, 6.45) is 0. The zero-order valence-corrected chi connectivity index (χ0v) is 6.92. The molecule has 0 atom stereocenters. The minimum Gasteiger partial charge on any atom is -0.237 e. The first-order valence-corrected chi connectivity index (χ1v) is 3.93. The van der Waals surface area contributed by atoms with Gasteiger partial charge in [-0.05, 0) is 0 Å². The van der Waals surface area contributed by atoms with E-state index in [1.165, 1.54) is 7.11 Å². The predicted molar refractivity (Wildman–Crippen MR) is 37.5 cm³/mol. The van der Waals surface area contributed by atoms with E-state index in [1.807, 2.05) is 0 Å². The molecule has 0 radical (unpaired) electrons. The van der Waals surface area contributed by atoms with Crippen molar-refractivity contribution in [3.05, 3.63) is 0 Å². The van der Waals surface area contributed by atoms with Gasteiger partial charge >= 0.3 is 0 Å². The van der Waals surface area contributed by atoms with Gasteiger partial charge in [0.05, 0.1) is 7.11 Å². The Morgan fingerprint density at radius 3 is 3.00 bits per heavy atom. The van der Waals surface area contributed by atoms with Crippen LogP contribution in [0.25, 0.3) is 0 Å². The van der Waals surface area contributed by atoms with E-state index >= 15 is 0 Å². The molecular weight excluding hydrogens is 194 g/mol. The fraction of sp³-hybridized carbons (Fsp3) is 1.00. The van der Waals surface area contributed by atoms with Crippen LogP contribution in [0.4, 0.5) is 0 Å². The standard InChI is InChI=1S/C3H8BrNO2S/c1-6-7-8-5-3-2-4/h5H,2-3H2,1H3. The summed E-state index contributed by atoms with van der Waals surface area (Å²) >= 11 is 4.30. The van der Waals surface area contributed by atoms with Crippen molar-refractivity contribution in [3.63, 3.8) is 0 Å². The number of hydrogen-bond acceptors (Lipinski definition) is 4. The molecule has 3 nitrogen and oxygen atoms in total. The Labute approximate surface area is 61.5 Å². The van der Waals surface area contributed by atoms with Gasteiger partial charge in [0, 0.05) is 11.9 Å². The smallest absolute Gasteiger partial charge is 0.118 e. The highest BCUT2D eigenvalue weighted by Crippen LogP contribution is 1.93. The fourth-order valence-electron chi connectivity index (χ4n) is 0.138. The zero-order valence-electron chi connectivity index (χ0n) is 4.52. The molecule has 0 spiro atoms. The number of hydrogen-bond donors (Lipinski definition) is 1. The van der Waals surface area contributed by atoms with Crippen LogP contribution >= 0.6 is 28.2 Å². The molecule has 0 unspecified atom stereocenters. The van der Waals surface area contributed by atoms with Crippen LogP contribution in [-0.2, 0) is 9.22 Å². The van der Waals surface area contributed by atoms with Gasteiger partial charge in [-0.15, -0.1) is 4.33 Å². The normalized spacial score (nSPS) is 9.75. The number of alkyl halides is 1. The average molecular weight is 202 g/mol. The Hall–Kier alpha value is 0.710. The summed E-state index contributed by atoms with van der Waals surface area (Å²) in [7, 11) is 1.46. The van der Waals surface area contributed by atoms with Crippen LogP contribution in [0.2, 0.25) is 0 Å². The van der Waals surface area contributed by atoms with E-state index in [0.717, 1.165) is 24.1 Å². The summed E-state index contributed by atoms with van der Waals surface area (Å²) < 4.78 is 7.28. The van der Waals surface area contributed by atoms with Crippen molar-refractivity contribution in [1.29, 1.82) is 0 Å². The van der Waals surface area contributed by atoms with Crippen LogP contribution in [0.1, 0.15) is 0 Å². The first kappa shape index (κ1) is 8.71. The van der Waals surface area contributed by atoms with Crippen molar-refractivity contribution in [1.82, 2.24) is 4.72 Å². The van der Waals surface area contributed by atoms with Gasteiger partial charge in [0.1, 0.15) is 12.2 Å². The minimum absolute atomic E-state index is 0.855. The molecule has 1 N–H and O–H groups in total. The summed E-state index contributed by atoms with van der Waals surface area (Å²) in [4.78, 5) is 4.27. The van der Waals surface area contributed by atoms with Crippen molar-refractivity contribution < 1.29 is 9.22 Å². The third-order valence-electron chi connectivity index (χ3n) is 0.358. The lowest BCUT2D eigenvalue weighted by atomic mass is 10.8. The first-order valence-electron chi connectivity index (χ1n) is 2.07. The Balaban J connectivity index is 2.53. The third-order valence-corrected chi connectivity index (χ3v) is 1.28. The molecule has 0 rings (SSSR count). The average Bonchev–Trinajstić information content (AvgIpc) is 1.81. The Morgan fingerprint density at radius 2 is 2.50 bits per heavy atom. The van der Waals surface area contributed by atoms with Gasteiger partial charge in [0.2, 0.25) is 0 Å². The Bertz CT molecular complexity index is 42.3. The van der Waals surface area contributed by atoms with Crippen molar-refractivity contribution >= 4 is 28.2 Å². The molecule has 5 heteroatoms. The number of nitrogens with one attached hydrogen (secondary N) is 1. The van der Waals surface area contributed by atoms with Crippen LogP contribution in [0.3, 0.4) is 0 Å². The summed E-state index contributed by atoms with van der Waals surface area (Å²) in [5.74, 6) is 0. The van der Waals surface area contributed by atoms with Gasteiger partial charge < -0.3 is 0 Å². The second kappa shape index (κ2) is 7.71. The molecule has 0 fully saturated rings. The molecular formula is C3H8BrNO2S. The van der Waals surface area contributed by atoms with E-state index in [1.54, 1.807) is 0 Å². The van der Waals surface area contributed by atoms with Crippen LogP contribution < -0.4 is 4.72 Å². The van der Waals surface area contributed by atoms with Crippen molar-refractivity contribution in [2.75, 3.05) is 19.0 Å². The quantitative estimate of drug-likeness (QED) is 0.181. The summed E-state index contributed by atoms with van der Waals surface area (Å²) in [6, 6.07) is 0. The second-order valence-corrected chi connectivity index (χ2v) is 2.29. The van der Waals surface area contributed by atoms with E-state index in [9.17, 15) is 0 Å². The van der Waals surface area contributed by atoms with Gasteiger partial charge in [-0.3, -0.25) is 0 Å². The van der Waals surface area contributed by atoms with Gasteiger partial charge in [-0.1, -0.05) is 15.9 Å². The van der Waals surface area contributed by atoms with E-state index in [0.29, 0.717) is 0 Å². The van der Waals surface area contributed by atoms with Gasteiger partial charge in [0.15, 0.2) is 0 Å². The molecule has 0 amide bonds. The molecule has 0 saturated heterocycles. The molecule has 0 bridgehead atoms. The van der Waals surface area contributed by atoms with E-state index in [4.69, 9.17) is 0 Å². The lowest BCUT2D eigenvalue weighted by Gasteiger charge is -1.95. The maximum Gasteiger partial charge on any atom is 0.118 e. The highest BCUT2D eigenvalue weighted by Gasteiger charge is 1.82. The zero-order chi connectivity index (χ0) is 6.24. The highest BCUT2D eigenvalue weighted by atomic mass is 79.9. The largest absolute Gasteiger partial charge is 0.237 e. The van der Waals surface area contributed by atoms with Crippen LogP contribution in [0.15, 0.2) is 0 Å². The lowest BCUT2D eigenvalue weighted by molar-refractivity contribution is -0.161. The number of rotatable bonds is 5. The Kier molecular flexibility index (Phi) is 8.39. The molecule has 0 saturated carbocycles. The predicted octanol–water partition coefficient (Wildman–Crippen LogP) is 1.11. The second-order valence-electron chi connectivity index (χ2n) is 0.901. The molecule has 0 aromatic heterocycles. The van der Waals surface area contributed by atoms with Gasteiger partial charge in [-0.2, -0.15) is 0 Å².